The second-order valence-electron chi connectivity index (χ2n) is 4.66. The van der Waals surface area contributed by atoms with Crippen LogP contribution in [-0.2, 0) is 7.05 Å². The molecule has 94 valence electrons. The van der Waals surface area contributed by atoms with E-state index in [-0.39, 0.29) is 0 Å². The van der Waals surface area contributed by atoms with Crippen molar-refractivity contribution in [3.05, 3.63) is 33.5 Å². The first kappa shape index (κ1) is 12.1. The Labute approximate surface area is 119 Å². The van der Waals surface area contributed by atoms with Crippen molar-refractivity contribution in [3.8, 4) is 11.3 Å². The van der Waals surface area contributed by atoms with E-state index in [4.69, 9.17) is 22.3 Å². The molecule has 0 amide bonds. The molecule has 0 aliphatic heterocycles. The SMILES string of the molecule is Cn1c(C2CC2)nc(-c2ccc(Cl)cc2Br)c1N. The van der Waals surface area contributed by atoms with Gasteiger partial charge in [0.25, 0.3) is 0 Å². The van der Waals surface area contributed by atoms with E-state index in [1.54, 1.807) is 0 Å². The molecule has 2 N–H and O–H groups in total. The Kier molecular flexibility index (Phi) is 2.87. The molecule has 3 rings (SSSR count). The van der Waals surface area contributed by atoms with Gasteiger partial charge in [-0.1, -0.05) is 33.6 Å². The monoisotopic (exact) mass is 325 g/mol. The average Bonchev–Trinajstić information content (AvgIpc) is 3.11. The number of imidazole rings is 1. The van der Waals surface area contributed by atoms with Crippen molar-refractivity contribution in [1.82, 2.24) is 9.55 Å². The summed E-state index contributed by atoms with van der Waals surface area (Å²) >= 11 is 9.47. The van der Waals surface area contributed by atoms with Crippen molar-refractivity contribution in [2.45, 2.75) is 18.8 Å². The van der Waals surface area contributed by atoms with Crippen LogP contribution >= 0.6 is 27.5 Å². The third kappa shape index (κ3) is 1.93. The maximum atomic E-state index is 6.15. The molecule has 1 aromatic heterocycles. The predicted octanol–water partition coefficient (Wildman–Crippen LogP) is 3.96. The molecule has 0 atom stereocenters. The molecule has 0 spiro atoms. The number of anilines is 1. The molecule has 2 aromatic rings. The van der Waals surface area contributed by atoms with Crippen LogP contribution in [0.15, 0.2) is 22.7 Å². The van der Waals surface area contributed by atoms with Crippen molar-refractivity contribution in [2.75, 3.05) is 5.73 Å². The van der Waals surface area contributed by atoms with Gasteiger partial charge in [0.1, 0.15) is 17.3 Å². The number of rotatable bonds is 2. The van der Waals surface area contributed by atoms with Crippen LogP contribution in [0.2, 0.25) is 5.02 Å². The summed E-state index contributed by atoms with van der Waals surface area (Å²) in [5.41, 5.74) is 7.98. The smallest absolute Gasteiger partial charge is 0.131 e. The number of nitrogens with two attached hydrogens (primary N) is 1. The van der Waals surface area contributed by atoms with Crippen molar-refractivity contribution in [2.24, 2.45) is 7.05 Å². The molecule has 1 heterocycles. The van der Waals surface area contributed by atoms with Gasteiger partial charge >= 0.3 is 0 Å². The summed E-state index contributed by atoms with van der Waals surface area (Å²) in [7, 11) is 1.98. The number of hydrogen-bond acceptors (Lipinski definition) is 2. The molecule has 0 bridgehead atoms. The van der Waals surface area contributed by atoms with Crippen molar-refractivity contribution < 1.29 is 0 Å². The second kappa shape index (κ2) is 4.28. The van der Waals surface area contributed by atoms with E-state index >= 15 is 0 Å². The zero-order valence-corrected chi connectivity index (χ0v) is 12.3. The molecule has 0 saturated heterocycles. The Bertz CT molecular complexity index is 617. The van der Waals surface area contributed by atoms with E-state index in [1.165, 1.54) is 12.8 Å². The minimum atomic E-state index is 0.581. The Morgan fingerprint density at radius 2 is 2.17 bits per heavy atom. The van der Waals surface area contributed by atoms with Crippen LogP contribution in [0.25, 0.3) is 11.3 Å². The number of halogens is 2. The van der Waals surface area contributed by atoms with Gasteiger partial charge in [-0.3, -0.25) is 0 Å². The van der Waals surface area contributed by atoms with E-state index in [0.29, 0.717) is 16.8 Å². The molecular weight excluding hydrogens is 314 g/mol. The molecule has 1 aromatic carbocycles. The van der Waals surface area contributed by atoms with Gasteiger partial charge in [-0.25, -0.2) is 4.98 Å². The Hall–Kier alpha value is -1.00. The summed E-state index contributed by atoms with van der Waals surface area (Å²) in [5.74, 6) is 2.38. The van der Waals surface area contributed by atoms with Crippen LogP contribution in [-0.4, -0.2) is 9.55 Å². The van der Waals surface area contributed by atoms with Crippen LogP contribution in [0, 0.1) is 0 Å². The lowest BCUT2D eigenvalue weighted by Crippen LogP contribution is -2.00. The first-order valence-electron chi connectivity index (χ1n) is 5.85. The van der Waals surface area contributed by atoms with Gasteiger partial charge in [0.15, 0.2) is 0 Å². The predicted molar refractivity (Wildman–Crippen MR) is 77.7 cm³/mol. The Morgan fingerprint density at radius 3 is 2.78 bits per heavy atom. The maximum absolute atomic E-state index is 6.15. The van der Waals surface area contributed by atoms with E-state index in [9.17, 15) is 0 Å². The third-order valence-corrected chi connectivity index (χ3v) is 4.19. The first-order valence-corrected chi connectivity index (χ1v) is 7.02. The zero-order chi connectivity index (χ0) is 12.9. The number of benzene rings is 1. The lowest BCUT2D eigenvalue weighted by Gasteiger charge is -2.03. The topological polar surface area (TPSA) is 43.8 Å². The molecule has 5 heteroatoms. The number of hydrogen-bond donors (Lipinski definition) is 1. The average molecular weight is 327 g/mol. The van der Waals surface area contributed by atoms with Gasteiger partial charge < -0.3 is 10.3 Å². The lowest BCUT2D eigenvalue weighted by atomic mass is 10.1. The van der Waals surface area contributed by atoms with Gasteiger partial charge in [-0.05, 0) is 25.0 Å². The van der Waals surface area contributed by atoms with Crippen LogP contribution in [0.5, 0.6) is 0 Å². The fourth-order valence-electron chi connectivity index (χ4n) is 2.12. The first-order chi connectivity index (χ1) is 8.58. The highest BCUT2D eigenvalue weighted by atomic mass is 79.9. The van der Waals surface area contributed by atoms with Gasteiger partial charge in [0, 0.05) is 28.0 Å². The van der Waals surface area contributed by atoms with Gasteiger partial charge in [0.05, 0.1) is 0 Å². The van der Waals surface area contributed by atoms with E-state index in [1.807, 2.05) is 29.8 Å². The number of nitrogen functional groups attached to an aromatic ring is 1. The van der Waals surface area contributed by atoms with Gasteiger partial charge in [0.2, 0.25) is 0 Å². The molecule has 1 aliphatic carbocycles. The summed E-state index contributed by atoms with van der Waals surface area (Å²) < 4.78 is 2.91. The largest absolute Gasteiger partial charge is 0.383 e. The third-order valence-electron chi connectivity index (χ3n) is 3.30. The Balaban J connectivity index is 2.13. The normalized spacial score (nSPS) is 15.1. The van der Waals surface area contributed by atoms with Gasteiger partial charge in [-0.15, -0.1) is 0 Å². The lowest BCUT2D eigenvalue weighted by molar-refractivity contribution is 0.807. The summed E-state index contributed by atoms with van der Waals surface area (Å²) in [4.78, 5) is 4.70. The van der Waals surface area contributed by atoms with E-state index in [0.717, 1.165) is 21.6 Å². The van der Waals surface area contributed by atoms with Crippen LogP contribution in [0.1, 0.15) is 24.6 Å². The van der Waals surface area contributed by atoms with Crippen molar-refractivity contribution in [1.29, 1.82) is 0 Å². The van der Waals surface area contributed by atoms with Crippen LogP contribution < -0.4 is 5.73 Å². The second-order valence-corrected chi connectivity index (χ2v) is 5.95. The molecule has 0 unspecified atom stereocenters. The number of aromatic nitrogens is 2. The van der Waals surface area contributed by atoms with Crippen LogP contribution in [0.3, 0.4) is 0 Å². The highest BCUT2D eigenvalue weighted by Crippen LogP contribution is 2.42. The minimum absolute atomic E-state index is 0.581. The standard InChI is InChI=1S/C13H13BrClN3/c1-18-12(16)11(17-13(18)7-2-3-7)9-5-4-8(15)6-10(9)14/h4-7H,2-3,16H2,1H3. The molecule has 1 aliphatic rings. The highest BCUT2D eigenvalue weighted by Gasteiger charge is 2.30. The fraction of sp³-hybridized carbons (Fsp3) is 0.308. The molecule has 1 saturated carbocycles. The van der Waals surface area contributed by atoms with Gasteiger partial charge in [-0.2, -0.15) is 0 Å². The molecule has 18 heavy (non-hydrogen) atoms. The molecule has 3 nitrogen and oxygen atoms in total. The minimum Gasteiger partial charge on any atom is -0.383 e. The van der Waals surface area contributed by atoms with E-state index in [2.05, 4.69) is 15.9 Å². The maximum Gasteiger partial charge on any atom is 0.131 e. The summed E-state index contributed by atoms with van der Waals surface area (Å²) in [5, 5.41) is 0.697. The molecule has 1 fully saturated rings. The Morgan fingerprint density at radius 1 is 1.44 bits per heavy atom. The molecule has 0 radical (unpaired) electrons. The van der Waals surface area contributed by atoms with Crippen molar-refractivity contribution in [3.63, 3.8) is 0 Å². The fourth-order valence-corrected chi connectivity index (χ4v) is 2.99. The quantitative estimate of drug-likeness (QED) is 0.907. The summed E-state index contributed by atoms with van der Waals surface area (Å²) in [6, 6.07) is 5.66. The van der Waals surface area contributed by atoms with Crippen LogP contribution in [0.4, 0.5) is 5.82 Å². The number of nitrogens with zero attached hydrogens (tertiary/aromatic N) is 2. The highest BCUT2D eigenvalue weighted by molar-refractivity contribution is 9.10. The van der Waals surface area contributed by atoms with Crippen molar-refractivity contribution >= 4 is 33.3 Å². The summed E-state index contributed by atoms with van der Waals surface area (Å²) in [6.45, 7) is 0. The zero-order valence-electron chi connectivity index (χ0n) is 9.95. The summed E-state index contributed by atoms with van der Waals surface area (Å²) in [6.07, 6.45) is 2.43. The molecular formula is C13H13BrClN3. The van der Waals surface area contributed by atoms with E-state index < -0.39 is 0 Å².